The van der Waals surface area contributed by atoms with Crippen molar-refractivity contribution in [1.82, 2.24) is 9.36 Å². The highest BCUT2D eigenvalue weighted by Crippen LogP contribution is 2.32. The van der Waals surface area contributed by atoms with Gasteiger partial charge < -0.3 is 14.4 Å². The first-order chi connectivity index (χ1) is 9.38. The fourth-order valence-electron chi connectivity index (χ4n) is 2.99. The molecule has 2 fully saturated rings. The fourth-order valence-corrected chi connectivity index (χ4v) is 3.79. The number of methoxy groups -OCH3 is 1. The molecule has 1 aliphatic carbocycles. The van der Waals surface area contributed by atoms with Crippen LogP contribution in [0.1, 0.15) is 31.5 Å². The van der Waals surface area contributed by atoms with Crippen molar-refractivity contribution in [2.45, 2.75) is 44.2 Å². The summed E-state index contributed by atoms with van der Waals surface area (Å²) < 4.78 is 15.4. The van der Waals surface area contributed by atoms with Crippen molar-refractivity contribution >= 4 is 16.7 Å². The second kappa shape index (κ2) is 6.15. The van der Waals surface area contributed by atoms with Gasteiger partial charge in [-0.1, -0.05) is 12.8 Å². The van der Waals surface area contributed by atoms with E-state index < -0.39 is 0 Å². The normalized spacial score (nSPS) is 27.3. The Balaban J connectivity index is 1.70. The summed E-state index contributed by atoms with van der Waals surface area (Å²) >= 11 is 1.52. The third-order valence-corrected chi connectivity index (χ3v) is 4.76. The molecule has 106 valence electrons. The predicted molar refractivity (Wildman–Crippen MR) is 74.8 cm³/mol. The van der Waals surface area contributed by atoms with E-state index in [-0.39, 0.29) is 0 Å². The van der Waals surface area contributed by atoms with Gasteiger partial charge in [-0.3, -0.25) is 0 Å². The number of anilines is 1. The fraction of sp³-hybridized carbons (Fsp3) is 0.846. The highest BCUT2D eigenvalue weighted by atomic mass is 32.1. The topological polar surface area (TPSA) is 47.5 Å². The Kier molecular flexibility index (Phi) is 4.30. The van der Waals surface area contributed by atoms with Crippen LogP contribution >= 0.6 is 11.5 Å². The molecule has 1 aromatic heterocycles. The number of fused-ring (bicyclic) bond motifs is 1. The van der Waals surface area contributed by atoms with Crippen molar-refractivity contribution < 1.29 is 9.47 Å². The first kappa shape index (κ1) is 13.3. The van der Waals surface area contributed by atoms with E-state index in [9.17, 15) is 0 Å². The van der Waals surface area contributed by atoms with E-state index in [1.165, 1.54) is 37.2 Å². The number of nitrogens with zero attached hydrogens (tertiary/aromatic N) is 3. The molecule has 2 aliphatic rings. The molecule has 3 rings (SSSR count). The summed E-state index contributed by atoms with van der Waals surface area (Å²) in [5.41, 5.74) is 0. The summed E-state index contributed by atoms with van der Waals surface area (Å²) in [6, 6.07) is 0.505. The Labute approximate surface area is 118 Å². The average molecular weight is 283 g/mol. The van der Waals surface area contributed by atoms with Gasteiger partial charge in [-0.25, -0.2) is 4.98 Å². The van der Waals surface area contributed by atoms with Crippen LogP contribution in [0.4, 0.5) is 5.13 Å². The van der Waals surface area contributed by atoms with Crippen molar-refractivity contribution in [3.05, 3.63) is 5.82 Å². The Morgan fingerprint density at radius 2 is 2.32 bits per heavy atom. The molecule has 0 radical (unpaired) electrons. The van der Waals surface area contributed by atoms with E-state index in [1.54, 1.807) is 7.11 Å². The van der Waals surface area contributed by atoms with Gasteiger partial charge in [0.05, 0.1) is 25.4 Å². The van der Waals surface area contributed by atoms with Crippen molar-refractivity contribution in [3.8, 4) is 0 Å². The summed E-state index contributed by atoms with van der Waals surface area (Å²) in [6.45, 7) is 2.44. The van der Waals surface area contributed by atoms with Gasteiger partial charge in [-0.2, -0.15) is 4.37 Å². The first-order valence-electron chi connectivity index (χ1n) is 7.08. The largest absolute Gasteiger partial charge is 0.384 e. The summed E-state index contributed by atoms with van der Waals surface area (Å²) in [5.74, 6) is 0.903. The Morgan fingerprint density at radius 3 is 3.21 bits per heavy atom. The van der Waals surface area contributed by atoms with Crippen molar-refractivity contribution in [3.63, 3.8) is 0 Å². The Morgan fingerprint density at radius 1 is 1.42 bits per heavy atom. The van der Waals surface area contributed by atoms with Crippen molar-refractivity contribution in [1.29, 1.82) is 0 Å². The number of aromatic nitrogens is 2. The molecule has 6 heteroatoms. The SMILES string of the molecule is COCCc1nsc(N2CCOC3CCCCC32)n1. The van der Waals surface area contributed by atoms with E-state index in [2.05, 4.69) is 14.3 Å². The van der Waals surface area contributed by atoms with E-state index in [0.29, 0.717) is 18.8 Å². The van der Waals surface area contributed by atoms with Crippen LogP contribution in [0.5, 0.6) is 0 Å². The van der Waals surface area contributed by atoms with Crippen LogP contribution in [0.15, 0.2) is 0 Å². The third kappa shape index (κ3) is 2.90. The zero-order valence-electron chi connectivity index (χ0n) is 11.4. The van der Waals surface area contributed by atoms with Crippen LogP contribution in [-0.4, -0.2) is 48.4 Å². The van der Waals surface area contributed by atoms with Gasteiger partial charge in [0.15, 0.2) is 0 Å². The van der Waals surface area contributed by atoms with Gasteiger partial charge in [0, 0.05) is 31.6 Å². The molecule has 0 bridgehead atoms. The maximum atomic E-state index is 5.90. The maximum absolute atomic E-state index is 5.90. The third-order valence-electron chi connectivity index (χ3n) is 3.97. The first-order valence-corrected chi connectivity index (χ1v) is 7.85. The molecular weight excluding hydrogens is 262 g/mol. The van der Waals surface area contributed by atoms with Gasteiger partial charge in [-0.15, -0.1) is 0 Å². The average Bonchev–Trinajstić information content (AvgIpc) is 2.93. The molecule has 19 heavy (non-hydrogen) atoms. The highest BCUT2D eigenvalue weighted by Gasteiger charge is 2.35. The molecule has 1 aliphatic heterocycles. The number of hydrogen-bond donors (Lipinski definition) is 0. The lowest BCUT2D eigenvalue weighted by Gasteiger charge is -2.43. The predicted octanol–water partition coefficient (Wildman–Crippen LogP) is 1.87. The second-order valence-electron chi connectivity index (χ2n) is 5.19. The number of rotatable bonds is 4. The quantitative estimate of drug-likeness (QED) is 0.844. The minimum atomic E-state index is 0.397. The molecule has 1 saturated heterocycles. The second-order valence-corrected chi connectivity index (χ2v) is 5.92. The monoisotopic (exact) mass is 283 g/mol. The molecule has 1 aromatic rings. The van der Waals surface area contributed by atoms with E-state index in [1.807, 2.05) is 0 Å². The van der Waals surface area contributed by atoms with Gasteiger partial charge in [0.1, 0.15) is 5.82 Å². The minimum Gasteiger partial charge on any atom is -0.384 e. The Bertz CT molecular complexity index is 410. The molecule has 0 N–H and O–H groups in total. The van der Waals surface area contributed by atoms with Gasteiger partial charge in [0.25, 0.3) is 0 Å². The zero-order chi connectivity index (χ0) is 13.1. The van der Waals surface area contributed by atoms with Gasteiger partial charge >= 0.3 is 0 Å². The Hall–Kier alpha value is -0.720. The van der Waals surface area contributed by atoms with Gasteiger partial charge in [-0.05, 0) is 12.8 Å². The van der Waals surface area contributed by atoms with Crippen molar-refractivity contribution in [2.24, 2.45) is 0 Å². The number of hydrogen-bond acceptors (Lipinski definition) is 6. The van der Waals surface area contributed by atoms with Gasteiger partial charge in [0.2, 0.25) is 5.13 Å². The van der Waals surface area contributed by atoms with E-state index >= 15 is 0 Å². The molecule has 1 saturated carbocycles. The van der Waals surface area contributed by atoms with Crippen LogP contribution in [0.25, 0.3) is 0 Å². The summed E-state index contributed by atoms with van der Waals surface area (Å²) in [7, 11) is 1.71. The summed E-state index contributed by atoms with van der Waals surface area (Å²) in [6.07, 6.45) is 6.20. The number of ether oxygens (including phenoxy) is 2. The molecule has 2 unspecified atom stereocenters. The van der Waals surface area contributed by atoms with Crippen LogP contribution in [0, 0.1) is 0 Å². The molecule has 0 aromatic carbocycles. The summed E-state index contributed by atoms with van der Waals surface area (Å²) in [5, 5.41) is 1.06. The minimum absolute atomic E-state index is 0.397. The smallest absolute Gasteiger partial charge is 0.205 e. The standard InChI is InChI=1S/C13H21N3O2S/c1-17-8-6-12-14-13(19-15-12)16-7-9-18-11-5-3-2-4-10(11)16/h10-11H,2-9H2,1H3. The number of morpholine rings is 1. The lowest BCUT2D eigenvalue weighted by molar-refractivity contribution is -0.00870. The van der Waals surface area contributed by atoms with E-state index in [4.69, 9.17) is 9.47 Å². The lowest BCUT2D eigenvalue weighted by Crippen LogP contribution is -2.52. The molecule has 5 nitrogen and oxygen atoms in total. The van der Waals surface area contributed by atoms with Crippen LogP contribution in [0.3, 0.4) is 0 Å². The highest BCUT2D eigenvalue weighted by molar-refractivity contribution is 7.09. The van der Waals surface area contributed by atoms with Crippen LogP contribution in [-0.2, 0) is 15.9 Å². The molecule has 2 heterocycles. The molecule has 0 amide bonds. The molecule has 2 atom stereocenters. The van der Waals surface area contributed by atoms with Crippen molar-refractivity contribution in [2.75, 3.05) is 31.8 Å². The van der Waals surface area contributed by atoms with E-state index in [0.717, 1.165) is 30.5 Å². The van der Waals surface area contributed by atoms with Crippen LogP contribution < -0.4 is 4.90 Å². The molecular formula is C13H21N3O2S. The zero-order valence-corrected chi connectivity index (χ0v) is 12.2. The maximum Gasteiger partial charge on any atom is 0.205 e. The lowest BCUT2D eigenvalue weighted by atomic mass is 9.90. The van der Waals surface area contributed by atoms with Crippen LogP contribution in [0.2, 0.25) is 0 Å². The molecule has 0 spiro atoms. The summed E-state index contributed by atoms with van der Waals surface area (Å²) in [4.78, 5) is 7.08.